The largest absolute Gasteiger partial charge is 0.417 e. The maximum absolute atomic E-state index is 12.4. The second-order valence-electron chi connectivity index (χ2n) is 3.00. The molecule has 2 N–H and O–H groups in total. The summed E-state index contributed by atoms with van der Waals surface area (Å²) in [5.41, 5.74) is 4.58. The smallest absolute Gasteiger partial charge is 0.374 e. The third-order valence-electron chi connectivity index (χ3n) is 1.81. The lowest BCUT2D eigenvalue weighted by Crippen LogP contribution is -2.05. The van der Waals surface area contributed by atoms with Gasteiger partial charge in [0, 0.05) is 6.20 Å². The van der Waals surface area contributed by atoms with Crippen molar-refractivity contribution < 1.29 is 13.2 Å². The van der Waals surface area contributed by atoms with E-state index in [0.29, 0.717) is 6.20 Å². The normalized spacial score (nSPS) is 11.8. The molecule has 90 valence electrons. The number of rotatable bonds is 1. The van der Waals surface area contributed by atoms with Crippen LogP contribution in [0.4, 0.5) is 18.3 Å². The lowest BCUT2D eigenvalue weighted by atomic mass is 10.2. The van der Waals surface area contributed by atoms with Crippen molar-refractivity contribution in [2.24, 2.45) is 0 Å². The highest BCUT2D eigenvalue weighted by Crippen LogP contribution is 2.34. The van der Waals surface area contributed by atoms with Gasteiger partial charge in [-0.15, -0.1) is 10.2 Å². The molecule has 0 aliphatic heterocycles. The van der Waals surface area contributed by atoms with Crippen molar-refractivity contribution in [1.82, 2.24) is 15.2 Å². The van der Waals surface area contributed by atoms with Gasteiger partial charge in [-0.2, -0.15) is 13.2 Å². The molecular formula is C8H4ClF3N4S. The van der Waals surface area contributed by atoms with Gasteiger partial charge in [0.2, 0.25) is 5.13 Å². The minimum atomic E-state index is -4.48. The van der Waals surface area contributed by atoms with Gasteiger partial charge in [-0.3, -0.25) is 4.98 Å². The lowest BCUT2D eigenvalue weighted by Gasteiger charge is -2.07. The standard InChI is InChI=1S/C8H4ClF3N4S/c9-4-1-3(8(10,11)12)2-14-5(4)6-15-16-7(13)17-6/h1-2H,(H2,13,16). The van der Waals surface area contributed by atoms with Crippen molar-refractivity contribution in [2.75, 3.05) is 5.73 Å². The van der Waals surface area contributed by atoms with Gasteiger partial charge in [0.15, 0.2) is 5.01 Å². The minimum absolute atomic E-state index is 0.133. The molecule has 0 aliphatic carbocycles. The molecule has 0 aliphatic rings. The summed E-state index contributed by atoms with van der Waals surface area (Å²) in [4.78, 5) is 3.63. The molecule has 0 saturated carbocycles. The third-order valence-corrected chi connectivity index (χ3v) is 2.86. The van der Waals surface area contributed by atoms with Crippen LogP contribution in [-0.4, -0.2) is 15.2 Å². The van der Waals surface area contributed by atoms with Crippen LogP contribution in [-0.2, 0) is 6.18 Å². The van der Waals surface area contributed by atoms with Gasteiger partial charge < -0.3 is 5.73 Å². The Balaban J connectivity index is 2.45. The minimum Gasteiger partial charge on any atom is -0.374 e. The van der Waals surface area contributed by atoms with E-state index in [-0.39, 0.29) is 20.9 Å². The van der Waals surface area contributed by atoms with E-state index in [1.54, 1.807) is 0 Å². The van der Waals surface area contributed by atoms with Gasteiger partial charge in [-0.1, -0.05) is 22.9 Å². The van der Waals surface area contributed by atoms with E-state index in [4.69, 9.17) is 17.3 Å². The molecule has 0 atom stereocenters. The van der Waals surface area contributed by atoms with Gasteiger partial charge in [-0.05, 0) is 6.07 Å². The Morgan fingerprint density at radius 1 is 1.29 bits per heavy atom. The molecule has 2 aromatic heterocycles. The summed E-state index contributed by atoms with van der Waals surface area (Å²) in [6.45, 7) is 0. The first-order valence-corrected chi connectivity index (χ1v) is 5.39. The van der Waals surface area contributed by atoms with Gasteiger partial charge in [0.05, 0.1) is 10.6 Å². The fraction of sp³-hybridized carbons (Fsp3) is 0.125. The van der Waals surface area contributed by atoms with Crippen molar-refractivity contribution >= 4 is 28.1 Å². The van der Waals surface area contributed by atoms with Crippen LogP contribution in [0, 0.1) is 0 Å². The van der Waals surface area contributed by atoms with Crippen LogP contribution in [0.25, 0.3) is 10.7 Å². The third kappa shape index (κ3) is 2.47. The van der Waals surface area contributed by atoms with Crippen molar-refractivity contribution in [2.45, 2.75) is 6.18 Å². The first kappa shape index (κ1) is 12.1. The molecule has 2 heterocycles. The highest BCUT2D eigenvalue weighted by atomic mass is 35.5. The molecule has 0 amide bonds. The van der Waals surface area contributed by atoms with Crippen LogP contribution < -0.4 is 5.73 Å². The molecule has 0 spiro atoms. The second kappa shape index (κ2) is 4.11. The molecule has 0 fully saturated rings. The maximum atomic E-state index is 12.4. The SMILES string of the molecule is Nc1nnc(-c2ncc(C(F)(F)F)cc2Cl)s1. The van der Waals surface area contributed by atoms with Gasteiger partial charge in [0.25, 0.3) is 0 Å². The zero-order chi connectivity index (χ0) is 12.6. The molecule has 0 unspecified atom stereocenters. The van der Waals surface area contributed by atoms with E-state index < -0.39 is 11.7 Å². The molecule has 9 heteroatoms. The zero-order valence-corrected chi connectivity index (χ0v) is 9.57. The summed E-state index contributed by atoms with van der Waals surface area (Å²) in [6, 6.07) is 0.793. The predicted octanol–water partition coefficient (Wildman–Crippen LogP) is 2.85. The zero-order valence-electron chi connectivity index (χ0n) is 7.99. The average molecular weight is 281 g/mol. The Morgan fingerprint density at radius 2 is 2.00 bits per heavy atom. The number of nitrogens with zero attached hydrogens (tertiary/aromatic N) is 3. The molecular weight excluding hydrogens is 277 g/mol. The van der Waals surface area contributed by atoms with Gasteiger partial charge in [-0.25, -0.2) is 0 Å². The molecule has 17 heavy (non-hydrogen) atoms. The van der Waals surface area contributed by atoms with Crippen molar-refractivity contribution in [3.05, 3.63) is 22.8 Å². The number of nitrogen functional groups attached to an aromatic ring is 1. The summed E-state index contributed by atoms with van der Waals surface area (Å²) in [6.07, 6.45) is -3.78. The van der Waals surface area contributed by atoms with Crippen LogP contribution in [0.1, 0.15) is 5.56 Å². The van der Waals surface area contributed by atoms with E-state index in [2.05, 4.69) is 15.2 Å². The molecule has 2 aromatic rings. The van der Waals surface area contributed by atoms with Crippen LogP contribution >= 0.6 is 22.9 Å². The summed E-state index contributed by atoms with van der Waals surface area (Å²) >= 11 is 6.71. The van der Waals surface area contributed by atoms with Crippen molar-refractivity contribution in [1.29, 1.82) is 0 Å². The Hall–Kier alpha value is -1.41. The van der Waals surface area contributed by atoms with E-state index >= 15 is 0 Å². The van der Waals surface area contributed by atoms with Crippen LogP contribution in [0.3, 0.4) is 0 Å². The van der Waals surface area contributed by atoms with Crippen LogP contribution in [0.15, 0.2) is 12.3 Å². The quantitative estimate of drug-likeness (QED) is 0.872. The Bertz CT molecular complexity index is 554. The average Bonchev–Trinajstić information content (AvgIpc) is 2.63. The number of anilines is 1. The highest BCUT2D eigenvalue weighted by molar-refractivity contribution is 7.18. The molecule has 2 rings (SSSR count). The second-order valence-corrected chi connectivity index (χ2v) is 4.41. The summed E-state index contributed by atoms with van der Waals surface area (Å²) in [5.74, 6) is 0. The van der Waals surface area contributed by atoms with E-state index in [1.807, 2.05) is 0 Å². The number of pyridine rings is 1. The Morgan fingerprint density at radius 3 is 2.47 bits per heavy atom. The number of halogens is 4. The maximum Gasteiger partial charge on any atom is 0.417 e. The summed E-state index contributed by atoms with van der Waals surface area (Å²) in [5, 5.41) is 7.51. The van der Waals surface area contributed by atoms with Crippen LogP contribution in [0.5, 0.6) is 0 Å². The molecule has 0 saturated heterocycles. The van der Waals surface area contributed by atoms with Gasteiger partial charge in [0.1, 0.15) is 5.69 Å². The number of alkyl halides is 3. The van der Waals surface area contributed by atoms with Crippen molar-refractivity contribution in [3.63, 3.8) is 0 Å². The molecule has 4 nitrogen and oxygen atoms in total. The monoisotopic (exact) mass is 280 g/mol. The predicted molar refractivity (Wildman–Crippen MR) is 57.6 cm³/mol. The molecule has 0 radical (unpaired) electrons. The molecule has 0 aromatic carbocycles. The first-order valence-electron chi connectivity index (χ1n) is 4.20. The Kier molecular flexibility index (Phi) is 2.92. The Labute approximate surface area is 102 Å². The number of hydrogen-bond donors (Lipinski definition) is 1. The van der Waals surface area contributed by atoms with E-state index in [9.17, 15) is 13.2 Å². The number of hydrogen-bond acceptors (Lipinski definition) is 5. The van der Waals surface area contributed by atoms with E-state index in [1.165, 1.54) is 0 Å². The van der Waals surface area contributed by atoms with Crippen molar-refractivity contribution in [3.8, 4) is 10.7 Å². The first-order chi connectivity index (χ1) is 7.88. The van der Waals surface area contributed by atoms with Crippen LogP contribution in [0.2, 0.25) is 5.02 Å². The fourth-order valence-corrected chi connectivity index (χ4v) is 2.01. The number of nitrogens with two attached hydrogens (primary N) is 1. The highest BCUT2D eigenvalue weighted by Gasteiger charge is 2.31. The van der Waals surface area contributed by atoms with E-state index in [0.717, 1.165) is 17.4 Å². The molecule has 0 bridgehead atoms. The number of aromatic nitrogens is 3. The summed E-state index contributed by atoms with van der Waals surface area (Å²) < 4.78 is 37.1. The summed E-state index contributed by atoms with van der Waals surface area (Å²) in [7, 11) is 0. The van der Waals surface area contributed by atoms with Gasteiger partial charge >= 0.3 is 6.18 Å². The topological polar surface area (TPSA) is 64.7 Å². The lowest BCUT2D eigenvalue weighted by molar-refractivity contribution is -0.137. The fourth-order valence-electron chi connectivity index (χ4n) is 1.08.